The number of carbonyl (C=O) groups is 1. The first-order valence-corrected chi connectivity index (χ1v) is 10.4. The number of nitrogens with zero attached hydrogens (tertiary/aromatic N) is 4. The molecule has 7 nitrogen and oxygen atoms in total. The van der Waals surface area contributed by atoms with E-state index in [1.54, 1.807) is 6.33 Å². The molecule has 30 heavy (non-hydrogen) atoms. The van der Waals surface area contributed by atoms with Crippen LogP contribution in [-0.2, 0) is 17.8 Å². The van der Waals surface area contributed by atoms with Crippen molar-refractivity contribution in [2.75, 3.05) is 37.8 Å². The number of hydrogen-bond donors (Lipinski definition) is 2. The predicted octanol–water partition coefficient (Wildman–Crippen LogP) is 3.61. The van der Waals surface area contributed by atoms with Crippen LogP contribution in [0, 0.1) is 13.8 Å². The van der Waals surface area contributed by atoms with E-state index in [2.05, 4.69) is 58.0 Å². The molecule has 0 bridgehead atoms. The van der Waals surface area contributed by atoms with Gasteiger partial charge in [-0.1, -0.05) is 12.1 Å². The van der Waals surface area contributed by atoms with Crippen LogP contribution in [0.5, 0.6) is 0 Å². The highest BCUT2D eigenvalue weighted by Gasteiger charge is 2.16. The highest BCUT2D eigenvalue weighted by Crippen LogP contribution is 2.28. The van der Waals surface area contributed by atoms with E-state index in [9.17, 15) is 4.79 Å². The molecule has 3 rings (SSSR count). The highest BCUT2D eigenvalue weighted by atomic mass is 16.1. The van der Waals surface area contributed by atoms with Crippen molar-refractivity contribution in [3.05, 3.63) is 47.4 Å². The summed E-state index contributed by atoms with van der Waals surface area (Å²) in [4.78, 5) is 22.4. The fraction of sp³-hybridized carbons (Fsp3) is 0.435. The lowest BCUT2D eigenvalue weighted by molar-refractivity contribution is -0.114. The fourth-order valence-electron chi connectivity index (χ4n) is 3.70. The topological polar surface area (TPSA) is 75.1 Å². The van der Waals surface area contributed by atoms with Crippen molar-refractivity contribution in [1.29, 1.82) is 0 Å². The third-order valence-electron chi connectivity index (χ3n) is 5.37. The van der Waals surface area contributed by atoms with Crippen LogP contribution in [0.4, 0.5) is 11.5 Å². The standard InChI is InChI=1S/C23H32N6O/c1-16-17(2)29(14-6-13-28(4)5)23-21(16)22(25-15-26-23)24-12-11-19-7-9-20(10-8-19)27-18(3)30/h7-10,15H,6,11-14H2,1-5H3,(H,27,30)(H,24,25,26). The van der Waals surface area contributed by atoms with Gasteiger partial charge in [0.2, 0.25) is 5.91 Å². The summed E-state index contributed by atoms with van der Waals surface area (Å²) in [6, 6.07) is 7.94. The van der Waals surface area contributed by atoms with E-state index in [4.69, 9.17) is 0 Å². The van der Waals surface area contributed by atoms with Crippen LogP contribution >= 0.6 is 0 Å². The molecule has 0 saturated heterocycles. The Morgan fingerprint density at radius 1 is 1.13 bits per heavy atom. The molecule has 0 aliphatic carbocycles. The average Bonchev–Trinajstić information content (AvgIpc) is 2.94. The monoisotopic (exact) mass is 408 g/mol. The molecule has 0 spiro atoms. The van der Waals surface area contributed by atoms with Gasteiger partial charge in [0.1, 0.15) is 17.8 Å². The number of hydrogen-bond acceptors (Lipinski definition) is 5. The van der Waals surface area contributed by atoms with Gasteiger partial charge >= 0.3 is 0 Å². The summed E-state index contributed by atoms with van der Waals surface area (Å²) in [6.07, 6.45) is 3.60. The molecule has 0 aliphatic heterocycles. The maximum Gasteiger partial charge on any atom is 0.221 e. The SMILES string of the molecule is CC(=O)Nc1ccc(CCNc2ncnc3c2c(C)c(C)n3CCCN(C)C)cc1. The Morgan fingerprint density at radius 2 is 1.87 bits per heavy atom. The third kappa shape index (κ3) is 5.16. The summed E-state index contributed by atoms with van der Waals surface area (Å²) in [5.74, 6) is 0.832. The second-order valence-corrected chi connectivity index (χ2v) is 7.99. The Balaban J connectivity index is 1.69. The molecule has 0 atom stereocenters. The smallest absolute Gasteiger partial charge is 0.221 e. The predicted molar refractivity (Wildman–Crippen MR) is 123 cm³/mol. The Hall–Kier alpha value is -2.93. The molecule has 0 radical (unpaired) electrons. The van der Waals surface area contributed by atoms with E-state index >= 15 is 0 Å². The summed E-state index contributed by atoms with van der Waals surface area (Å²) in [5, 5.41) is 7.40. The molecule has 160 valence electrons. The van der Waals surface area contributed by atoms with Crippen molar-refractivity contribution in [3.8, 4) is 0 Å². The molecular weight excluding hydrogens is 376 g/mol. The van der Waals surface area contributed by atoms with Gasteiger partial charge in [-0.25, -0.2) is 9.97 Å². The third-order valence-corrected chi connectivity index (χ3v) is 5.37. The van der Waals surface area contributed by atoms with E-state index in [1.165, 1.54) is 23.7 Å². The van der Waals surface area contributed by atoms with Crippen LogP contribution in [-0.4, -0.2) is 52.5 Å². The fourth-order valence-corrected chi connectivity index (χ4v) is 3.70. The van der Waals surface area contributed by atoms with Gasteiger partial charge in [0.05, 0.1) is 5.39 Å². The average molecular weight is 409 g/mol. The second kappa shape index (κ2) is 9.71. The van der Waals surface area contributed by atoms with Gasteiger partial charge in [-0.15, -0.1) is 0 Å². The maximum absolute atomic E-state index is 11.1. The molecule has 2 heterocycles. The van der Waals surface area contributed by atoms with Crippen LogP contribution in [0.2, 0.25) is 0 Å². The van der Waals surface area contributed by atoms with E-state index < -0.39 is 0 Å². The van der Waals surface area contributed by atoms with Crippen LogP contribution in [0.15, 0.2) is 30.6 Å². The summed E-state index contributed by atoms with van der Waals surface area (Å²) in [5.41, 5.74) is 5.51. The number of carbonyl (C=O) groups excluding carboxylic acids is 1. The number of amides is 1. The molecule has 0 fully saturated rings. The summed E-state index contributed by atoms with van der Waals surface area (Å²) >= 11 is 0. The highest BCUT2D eigenvalue weighted by molar-refractivity contribution is 5.92. The Bertz CT molecular complexity index is 1010. The molecule has 2 aromatic heterocycles. The van der Waals surface area contributed by atoms with Gasteiger partial charge in [-0.2, -0.15) is 0 Å². The van der Waals surface area contributed by atoms with Crippen LogP contribution < -0.4 is 10.6 Å². The zero-order chi connectivity index (χ0) is 21.7. The molecule has 0 saturated carbocycles. The lowest BCUT2D eigenvalue weighted by Gasteiger charge is -2.12. The minimum Gasteiger partial charge on any atom is -0.369 e. The molecule has 0 unspecified atom stereocenters. The minimum absolute atomic E-state index is 0.0588. The van der Waals surface area contributed by atoms with E-state index in [-0.39, 0.29) is 5.91 Å². The van der Waals surface area contributed by atoms with Gasteiger partial charge in [0.25, 0.3) is 0 Å². The molecule has 1 aromatic carbocycles. The Kier molecular flexibility index (Phi) is 7.05. The van der Waals surface area contributed by atoms with Gasteiger partial charge in [-0.3, -0.25) is 4.79 Å². The Morgan fingerprint density at radius 3 is 2.53 bits per heavy atom. The zero-order valence-electron chi connectivity index (χ0n) is 18.6. The molecular formula is C23H32N6O. The molecule has 3 aromatic rings. The molecule has 0 aliphatic rings. The van der Waals surface area contributed by atoms with E-state index in [1.807, 2.05) is 24.3 Å². The zero-order valence-corrected chi connectivity index (χ0v) is 18.6. The summed E-state index contributed by atoms with van der Waals surface area (Å²) in [6.45, 7) is 8.60. The number of aromatic nitrogens is 3. The number of nitrogens with one attached hydrogen (secondary N) is 2. The molecule has 7 heteroatoms. The number of aryl methyl sites for hydroxylation is 2. The van der Waals surface area contributed by atoms with Gasteiger partial charge in [-0.05, 0) is 70.6 Å². The number of fused-ring (bicyclic) bond motifs is 1. The van der Waals surface area contributed by atoms with E-state index in [0.29, 0.717) is 0 Å². The second-order valence-electron chi connectivity index (χ2n) is 7.99. The largest absolute Gasteiger partial charge is 0.369 e. The van der Waals surface area contributed by atoms with Gasteiger partial charge in [0, 0.05) is 31.4 Å². The lowest BCUT2D eigenvalue weighted by Crippen LogP contribution is -2.15. The number of rotatable bonds is 9. The quantitative estimate of drug-likeness (QED) is 0.566. The van der Waals surface area contributed by atoms with Crippen LogP contribution in [0.3, 0.4) is 0 Å². The molecule has 1 amide bonds. The summed E-state index contributed by atoms with van der Waals surface area (Å²) < 4.78 is 2.31. The van der Waals surface area contributed by atoms with Gasteiger partial charge in [0.15, 0.2) is 0 Å². The van der Waals surface area contributed by atoms with Crippen LogP contribution in [0.25, 0.3) is 11.0 Å². The molecule has 2 N–H and O–H groups in total. The van der Waals surface area contributed by atoms with Crippen molar-refractivity contribution < 1.29 is 4.79 Å². The first-order chi connectivity index (χ1) is 14.4. The van der Waals surface area contributed by atoms with Crippen molar-refractivity contribution in [2.24, 2.45) is 0 Å². The normalized spacial score (nSPS) is 11.3. The van der Waals surface area contributed by atoms with Crippen molar-refractivity contribution in [3.63, 3.8) is 0 Å². The minimum atomic E-state index is -0.0588. The van der Waals surface area contributed by atoms with Crippen LogP contribution in [0.1, 0.15) is 30.2 Å². The first-order valence-electron chi connectivity index (χ1n) is 10.4. The first kappa shape index (κ1) is 21.8. The number of benzene rings is 1. The van der Waals surface area contributed by atoms with Crippen molar-refractivity contribution >= 4 is 28.4 Å². The number of anilines is 2. The van der Waals surface area contributed by atoms with E-state index in [0.717, 1.165) is 55.0 Å². The Labute approximate surface area is 178 Å². The lowest BCUT2D eigenvalue weighted by atomic mass is 10.1. The maximum atomic E-state index is 11.1. The van der Waals surface area contributed by atoms with Crippen molar-refractivity contribution in [1.82, 2.24) is 19.4 Å². The summed E-state index contributed by atoms with van der Waals surface area (Å²) in [7, 11) is 4.20. The van der Waals surface area contributed by atoms with Gasteiger partial charge < -0.3 is 20.1 Å². The van der Waals surface area contributed by atoms with Crippen molar-refractivity contribution in [2.45, 2.75) is 40.2 Å².